The maximum Gasteiger partial charge on any atom is 0.278 e. The van der Waals surface area contributed by atoms with Gasteiger partial charge in [0.05, 0.1) is 12.4 Å². The van der Waals surface area contributed by atoms with E-state index in [4.69, 9.17) is 0 Å². The summed E-state index contributed by atoms with van der Waals surface area (Å²) in [5, 5.41) is 2.86. The van der Waals surface area contributed by atoms with Crippen molar-refractivity contribution in [1.29, 1.82) is 0 Å². The molecule has 0 unspecified atom stereocenters. The van der Waals surface area contributed by atoms with E-state index in [-0.39, 0.29) is 5.91 Å². The van der Waals surface area contributed by atoms with E-state index in [9.17, 15) is 4.79 Å². The molecule has 18 heavy (non-hydrogen) atoms. The molecule has 2 aromatic rings. The first-order valence-electron chi connectivity index (χ1n) is 5.55. The van der Waals surface area contributed by atoms with Crippen molar-refractivity contribution in [3.63, 3.8) is 0 Å². The average molecular weight is 242 g/mol. The van der Waals surface area contributed by atoms with Crippen molar-refractivity contribution < 1.29 is 4.79 Å². The van der Waals surface area contributed by atoms with Crippen molar-refractivity contribution in [3.05, 3.63) is 48.4 Å². The third kappa shape index (κ3) is 2.45. The first-order valence-corrected chi connectivity index (χ1v) is 5.55. The Morgan fingerprint density at radius 2 is 1.94 bits per heavy atom. The van der Waals surface area contributed by atoms with Crippen LogP contribution < -0.4 is 10.2 Å². The van der Waals surface area contributed by atoms with E-state index in [2.05, 4.69) is 15.3 Å². The van der Waals surface area contributed by atoms with Crippen LogP contribution in [0.2, 0.25) is 0 Å². The summed E-state index contributed by atoms with van der Waals surface area (Å²) in [4.78, 5) is 21.9. The Hall–Kier alpha value is -2.43. The van der Waals surface area contributed by atoms with Gasteiger partial charge in [-0.1, -0.05) is 18.2 Å². The van der Waals surface area contributed by atoms with E-state index in [0.717, 1.165) is 5.69 Å². The molecule has 1 amide bonds. The van der Waals surface area contributed by atoms with E-state index >= 15 is 0 Å². The summed E-state index contributed by atoms with van der Waals surface area (Å²) >= 11 is 0. The lowest BCUT2D eigenvalue weighted by Gasteiger charge is -2.16. The maximum atomic E-state index is 12.2. The first kappa shape index (κ1) is 12.0. The molecule has 0 atom stereocenters. The van der Waals surface area contributed by atoms with Gasteiger partial charge in [0.15, 0.2) is 0 Å². The van der Waals surface area contributed by atoms with Gasteiger partial charge < -0.3 is 10.2 Å². The number of aromatic nitrogens is 2. The minimum atomic E-state index is -0.189. The zero-order valence-corrected chi connectivity index (χ0v) is 10.3. The van der Waals surface area contributed by atoms with Crippen LogP contribution in [0.3, 0.4) is 0 Å². The number of nitrogens with one attached hydrogen (secondary N) is 1. The number of rotatable bonds is 3. The number of hydrogen-bond donors (Lipinski definition) is 1. The topological polar surface area (TPSA) is 58.1 Å². The van der Waals surface area contributed by atoms with Gasteiger partial charge in [-0.25, -0.2) is 4.98 Å². The highest BCUT2D eigenvalue weighted by Crippen LogP contribution is 2.14. The number of carbonyl (C=O) groups is 1. The first-order chi connectivity index (χ1) is 8.72. The average Bonchev–Trinajstić information content (AvgIpc) is 2.46. The number of para-hydroxylation sites is 1. The SMILES string of the molecule is CNc1cncc(C(=O)N(C)c2ccccc2)n1. The quantitative estimate of drug-likeness (QED) is 0.891. The molecule has 1 N–H and O–H groups in total. The Morgan fingerprint density at radius 3 is 2.61 bits per heavy atom. The third-order valence-electron chi connectivity index (χ3n) is 2.56. The highest BCUT2D eigenvalue weighted by molar-refractivity contribution is 6.04. The molecule has 0 fully saturated rings. The van der Waals surface area contributed by atoms with E-state index in [1.165, 1.54) is 6.20 Å². The summed E-state index contributed by atoms with van der Waals surface area (Å²) in [7, 11) is 3.45. The number of anilines is 2. The van der Waals surface area contributed by atoms with Crippen LogP contribution in [0.5, 0.6) is 0 Å². The molecule has 0 aliphatic rings. The number of amides is 1. The Kier molecular flexibility index (Phi) is 3.52. The smallest absolute Gasteiger partial charge is 0.278 e. The zero-order valence-electron chi connectivity index (χ0n) is 10.3. The summed E-state index contributed by atoms with van der Waals surface area (Å²) in [6.07, 6.45) is 3.03. The molecule has 1 aromatic heterocycles. The number of hydrogen-bond acceptors (Lipinski definition) is 4. The Bertz CT molecular complexity index is 542. The minimum Gasteiger partial charge on any atom is -0.372 e. The molecule has 2 rings (SSSR count). The van der Waals surface area contributed by atoms with E-state index < -0.39 is 0 Å². The largest absolute Gasteiger partial charge is 0.372 e. The second kappa shape index (κ2) is 5.27. The summed E-state index contributed by atoms with van der Waals surface area (Å²) in [5.41, 5.74) is 1.13. The summed E-state index contributed by atoms with van der Waals surface area (Å²) in [6.45, 7) is 0. The van der Waals surface area contributed by atoms with Crippen molar-refractivity contribution in [2.24, 2.45) is 0 Å². The number of nitrogens with zero attached hydrogens (tertiary/aromatic N) is 3. The number of carbonyl (C=O) groups excluding carboxylic acids is 1. The fourth-order valence-electron chi connectivity index (χ4n) is 1.53. The maximum absolute atomic E-state index is 12.2. The number of benzene rings is 1. The summed E-state index contributed by atoms with van der Waals surface area (Å²) < 4.78 is 0. The molecule has 1 heterocycles. The molecule has 92 valence electrons. The summed E-state index contributed by atoms with van der Waals surface area (Å²) in [6, 6.07) is 9.41. The zero-order chi connectivity index (χ0) is 13.0. The van der Waals surface area contributed by atoms with E-state index in [1.807, 2.05) is 30.3 Å². The Morgan fingerprint density at radius 1 is 1.22 bits per heavy atom. The monoisotopic (exact) mass is 242 g/mol. The van der Waals surface area contributed by atoms with Crippen LogP contribution in [-0.2, 0) is 0 Å². The van der Waals surface area contributed by atoms with Crippen molar-refractivity contribution in [1.82, 2.24) is 9.97 Å². The van der Waals surface area contributed by atoms with Gasteiger partial charge in [-0.2, -0.15) is 0 Å². The Balaban J connectivity index is 2.25. The fourth-order valence-corrected chi connectivity index (χ4v) is 1.53. The van der Waals surface area contributed by atoms with Gasteiger partial charge in [-0.15, -0.1) is 0 Å². The molecular weight excluding hydrogens is 228 g/mol. The second-order valence-corrected chi connectivity index (χ2v) is 3.74. The minimum absolute atomic E-state index is 0.189. The van der Waals surface area contributed by atoms with Gasteiger partial charge in [0.1, 0.15) is 11.5 Å². The molecule has 0 saturated carbocycles. The van der Waals surface area contributed by atoms with Crippen molar-refractivity contribution in [2.75, 3.05) is 24.3 Å². The molecular formula is C13H14N4O. The van der Waals surface area contributed by atoms with E-state index in [0.29, 0.717) is 11.5 Å². The van der Waals surface area contributed by atoms with Gasteiger partial charge in [0.2, 0.25) is 0 Å². The van der Waals surface area contributed by atoms with Crippen molar-refractivity contribution in [2.45, 2.75) is 0 Å². The molecule has 0 spiro atoms. The van der Waals surface area contributed by atoms with E-state index in [1.54, 1.807) is 25.2 Å². The van der Waals surface area contributed by atoms with Crippen LogP contribution in [0.15, 0.2) is 42.7 Å². The third-order valence-corrected chi connectivity index (χ3v) is 2.56. The molecule has 5 nitrogen and oxygen atoms in total. The van der Waals surface area contributed by atoms with Crippen LogP contribution in [0, 0.1) is 0 Å². The summed E-state index contributed by atoms with van der Waals surface area (Å²) in [5.74, 6) is 0.383. The predicted molar refractivity (Wildman–Crippen MR) is 70.8 cm³/mol. The molecule has 0 aliphatic heterocycles. The van der Waals surface area contributed by atoms with Crippen molar-refractivity contribution >= 4 is 17.4 Å². The molecule has 1 aromatic carbocycles. The van der Waals surface area contributed by atoms with Gasteiger partial charge in [0.25, 0.3) is 5.91 Å². The molecule has 0 aliphatic carbocycles. The molecule has 0 bridgehead atoms. The van der Waals surface area contributed by atoms with Crippen LogP contribution >= 0.6 is 0 Å². The van der Waals surface area contributed by atoms with Crippen LogP contribution in [0.4, 0.5) is 11.5 Å². The van der Waals surface area contributed by atoms with Gasteiger partial charge >= 0.3 is 0 Å². The van der Waals surface area contributed by atoms with Crippen LogP contribution in [0.1, 0.15) is 10.5 Å². The second-order valence-electron chi connectivity index (χ2n) is 3.74. The Labute approximate surface area is 105 Å². The molecule has 0 radical (unpaired) electrons. The lowest BCUT2D eigenvalue weighted by molar-refractivity contribution is 0.0988. The molecule has 5 heteroatoms. The highest BCUT2D eigenvalue weighted by Gasteiger charge is 2.15. The van der Waals surface area contributed by atoms with Crippen molar-refractivity contribution in [3.8, 4) is 0 Å². The van der Waals surface area contributed by atoms with Crippen LogP contribution in [0.25, 0.3) is 0 Å². The lowest BCUT2D eigenvalue weighted by Crippen LogP contribution is -2.27. The van der Waals surface area contributed by atoms with Gasteiger partial charge in [0, 0.05) is 19.8 Å². The lowest BCUT2D eigenvalue weighted by atomic mass is 10.3. The van der Waals surface area contributed by atoms with Gasteiger partial charge in [-0.3, -0.25) is 9.78 Å². The predicted octanol–water partition coefficient (Wildman–Crippen LogP) is 1.79. The molecule has 0 saturated heterocycles. The van der Waals surface area contributed by atoms with Crippen LogP contribution in [-0.4, -0.2) is 30.0 Å². The standard InChI is InChI=1S/C13H14N4O/c1-14-12-9-15-8-11(16-12)13(18)17(2)10-6-4-3-5-7-10/h3-9H,1-2H3,(H,14,16). The highest BCUT2D eigenvalue weighted by atomic mass is 16.2. The van der Waals surface area contributed by atoms with Gasteiger partial charge in [-0.05, 0) is 12.1 Å². The normalized spacial score (nSPS) is 9.89. The fraction of sp³-hybridized carbons (Fsp3) is 0.154.